The molecule has 2 heterocycles. The zero-order chi connectivity index (χ0) is 20.9. The maximum absolute atomic E-state index is 13.4. The van der Waals surface area contributed by atoms with E-state index in [4.69, 9.17) is 0 Å². The number of rotatable bonds is 4. The van der Waals surface area contributed by atoms with Gasteiger partial charge in [-0.15, -0.1) is 11.3 Å². The van der Waals surface area contributed by atoms with Crippen LogP contribution in [0.5, 0.6) is 0 Å². The highest BCUT2D eigenvalue weighted by Crippen LogP contribution is 2.32. The van der Waals surface area contributed by atoms with Gasteiger partial charge in [-0.1, -0.05) is 6.07 Å². The Labute approximate surface area is 171 Å². The Morgan fingerprint density at radius 1 is 0.714 bits per heavy atom. The van der Waals surface area contributed by atoms with Gasteiger partial charge in [0.2, 0.25) is 10.0 Å². The van der Waals surface area contributed by atoms with Crippen molar-refractivity contribution in [2.24, 2.45) is 0 Å². The number of hydrogen-bond donors (Lipinski definition) is 0. The van der Waals surface area contributed by atoms with Crippen molar-refractivity contribution in [2.45, 2.75) is 43.7 Å². The molecule has 1 fully saturated rings. The first-order valence-corrected chi connectivity index (χ1v) is 12.9. The first kappa shape index (κ1) is 21.4. The average Bonchev–Trinajstić information content (AvgIpc) is 3.20. The fourth-order valence-corrected chi connectivity index (χ4v) is 8.22. The zero-order valence-electron chi connectivity index (χ0n) is 16.8. The Bertz CT molecular complexity index is 1070. The molecule has 0 spiro atoms. The van der Waals surface area contributed by atoms with Crippen molar-refractivity contribution in [1.29, 1.82) is 0 Å². The van der Waals surface area contributed by atoms with Crippen molar-refractivity contribution in [1.82, 2.24) is 8.61 Å². The van der Waals surface area contributed by atoms with Gasteiger partial charge in [0.1, 0.15) is 4.21 Å². The molecule has 0 bridgehead atoms. The van der Waals surface area contributed by atoms with E-state index in [0.717, 1.165) is 27.8 Å². The van der Waals surface area contributed by atoms with Gasteiger partial charge in [-0.2, -0.15) is 8.61 Å². The summed E-state index contributed by atoms with van der Waals surface area (Å²) in [5.41, 5.74) is 4.63. The second-order valence-electron chi connectivity index (χ2n) is 7.19. The third kappa shape index (κ3) is 3.43. The van der Waals surface area contributed by atoms with Crippen LogP contribution in [0.4, 0.5) is 0 Å². The van der Waals surface area contributed by atoms with Crippen LogP contribution in [0.15, 0.2) is 26.6 Å². The molecular formula is C19H26N2O4S3. The number of piperazine rings is 1. The van der Waals surface area contributed by atoms with E-state index < -0.39 is 20.0 Å². The number of sulfonamides is 2. The van der Waals surface area contributed by atoms with Gasteiger partial charge in [0.15, 0.2) is 0 Å². The zero-order valence-corrected chi connectivity index (χ0v) is 19.3. The Balaban J connectivity index is 1.89. The molecule has 1 aliphatic heterocycles. The lowest BCUT2D eigenvalue weighted by Crippen LogP contribution is -2.50. The van der Waals surface area contributed by atoms with Crippen molar-refractivity contribution in [3.8, 4) is 0 Å². The summed E-state index contributed by atoms with van der Waals surface area (Å²) in [7, 11) is -7.25. The molecular weight excluding hydrogens is 416 g/mol. The van der Waals surface area contributed by atoms with Gasteiger partial charge in [-0.05, 0) is 73.9 Å². The summed E-state index contributed by atoms with van der Waals surface area (Å²) in [4.78, 5) is 0.364. The number of nitrogens with zero attached hydrogens (tertiary/aromatic N) is 2. The van der Waals surface area contributed by atoms with E-state index in [0.29, 0.717) is 9.10 Å². The minimum atomic E-state index is -3.69. The van der Waals surface area contributed by atoms with E-state index in [1.54, 1.807) is 17.5 Å². The van der Waals surface area contributed by atoms with Gasteiger partial charge in [-0.25, -0.2) is 16.8 Å². The second kappa shape index (κ2) is 7.53. The van der Waals surface area contributed by atoms with Crippen LogP contribution in [0.3, 0.4) is 0 Å². The lowest BCUT2D eigenvalue weighted by Gasteiger charge is -2.34. The summed E-state index contributed by atoms with van der Waals surface area (Å²) in [6.45, 7) is 10.2. The summed E-state index contributed by atoms with van der Waals surface area (Å²) >= 11 is 1.17. The maximum Gasteiger partial charge on any atom is 0.252 e. The van der Waals surface area contributed by atoms with Gasteiger partial charge in [0.25, 0.3) is 10.0 Å². The first-order chi connectivity index (χ1) is 13.0. The number of hydrogen-bond acceptors (Lipinski definition) is 5. The molecule has 0 saturated carbocycles. The molecule has 3 rings (SSSR count). The smallest absolute Gasteiger partial charge is 0.207 e. The minimum Gasteiger partial charge on any atom is -0.207 e. The Morgan fingerprint density at radius 3 is 1.57 bits per heavy atom. The van der Waals surface area contributed by atoms with Crippen LogP contribution in [-0.4, -0.2) is 51.6 Å². The molecule has 0 amide bonds. The molecule has 0 aliphatic carbocycles. The lowest BCUT2D eigenvalue weighted by molar-refractivity contribution is 0.273. The lowest BCUT2D eigenvalue weighted by atomic mass is 9.95. The van der Waals surface area contributed by atoms with Gasteiger partial charge < -0.3 is 0 Å². The summed E-state index contributed by atoms with van der Waals surface area (Å²) in [6, 6.07) is 3.28. The average molecular weight is 443 g/mol. The van der Waals surface area contributed by atoms with Crippen LogP contribution in [0.25, 0.3) is 0 Å². The fourth-order valence-electron chi connectivity index (χ4n) is 3.67. The van der Waals surface area contributed by atoms with E-state index in [-0.39, 0.29) is 26.2 Å². The summed E-state index contributed by atoms with van der Waals surface area (Å²) in [5, 5.41) is 1.72. The molecule has 1 aromatic heterocycles. The monoisotopic (exact) mass is 442 g/mol. The minimum absolute atomic E-state index is 0.151. The van der Waals surface area contributed by atoms with Crippen molar-refractivity contribution in [3.63, 3.8) is 0 Å². The molecule has 1 saturated heterocycles. The highest BCUT2D eigenvalue weighted by Gasteiger charge is 2.36. The van der Waals surface area contributed by atoms with Gasteiger partial charge in [0.05, 0.1) is 4.90 Å². The van der Waals surface area contributed by atoms with E-state index in [2.05, 4.69) is 0 Å². The molecule has 6 nitrogen and oxygen atoms in total. The van der Waals surface area contributed by atoms with E-state index in [9.17, 15) is 16.8 Å². The largest absolute Gasteiger partial charge is 0.252 e. The second-order valence-corrected chi connectivity index (χ2v) is 12.2. The van der Waals surface area contributed by atoms with Crippen LogP contribution in [0.2, 0.25) is 0 Å². The van der Waals surface area contributed by atoms with E-state index in [1.165, 1.54) is 19.9 Å². The number of benzene rings is 1. The van der Waals surface area contributed by atoms with Crippen molar-refractivity contribution < 1.29 is 16.8 Å². The van der Waals surface area contributed by atoms with E-state index >= 15 is 0 Å². The van der Waals surface area contributed by atoms with Crippen LogP contribution in [0, 0.1) is 34.6 Å². The molecule has 1 aliphatic rings. The standard InChI is InChI=1S/C19H26N2O4S3/c1-13-14(2)16(4)19(17(5)15(13)3)28(24,25)21-10-8-20(9-11-21)27(22,23)18-7-6-12-26-18/h6-7,12H,8-11H2,1-5H3. The summed E-state index contributed by atoms with van der Waals surface area (Å²) in [5.74, 6) is 0. The third-order valence-corrected chi connectivity index (χ3v) is 11.3. The van der Waals surface area contributed by atoms with Crippen LogP contribution >= 0.6 is 11.3 Å². The van der Waals surface area contributed by atoms with E-state index in [1.807, 2.05) is 34.6 Å². The van der Waals surface area contributed by atoms with Gasteiger partial charge in [-0.3, -0.25) is 0 Å². The van der Waals surface area contributed by atoms with Crippen LogP contribution < -0.4 is 0 Å². The molecule has 0 atom stereocenters. The predicted molar refractivity (Wildman–Crippen MR) is 112 cm³/mol. The molecule has 2 aromatic rings. The van der Waals surface area contributed by atoms with Gasteiger partial charge >= 0.3 is 0 Å². The Morgan fingerprint density at radius 2 is 1.14 bits per heavy atom. The molecule has 1 aromatic carbocycles. The Hall–Kier alpha value is -1.26. The quantitative estimate of drug-likeness (QED) is 0.730. The highest BCUT2D eigenvalue weighted by molar-refractivity contribution is 7.91. The normalized spacial score (nSPS) is 17.2. The van der Waals surface area contributed by atoms with Gasteiger partial charge in [0, 0.05) is 26.2 Å². The van der Waals surface area contributed by atoms with Crippen molar-refractivity contribution >= 4 is 31.4 Å². The molecule has 0 unspecified atom stereocenters. The first-order valence-electron chi connectivity index (χ1n) is 9.10. The molecule has 0 N–H and O–H groups in total. The topological polar surface area (TPSA) is 74.8 Å². The molecule has 0 radical (unpaired) electrons. The molecule has 9 heteroatoms. The SMILES string of the molecule is Cc1c(C)c(C)c(S(=O)(=O)N2CCN(S(=O)(=O)c3cccs3)CC2)c(C)c1C. The highest BCUT2D eigenvalue weighted by atomic mass is 32.2. The molecule has 154 valence electrons. The third-order valence-electron chi connectivity index (χ3n) is 5.82. The van der Waals surface area contributed by atoms with Crippen molar-refractivity contribution in [3.05, 3.63) is 45.3 Å². The fraction of sp³-hybridized carbons (Fsp3) is 0.474. The van der Waals surface area contributed by atoms with Crippen molar-refractivity contribution in [2.75, 3.05) is 26.2 Å². The summed E-state index contributed by atoms with van der Waals surface area (Å²) < 4.78 is 55.2. The number of thiophene rings is 1. The summed E-state index contributed by atoms with van der Waals surface area (Å²) in [6.07, 6.45) is 0. The predicted octanol–water partition coefficient (Wildman–Crippen LogP) is 2.99. The van der Waals surface area contributed by atoms with Crippen LogP contribution in [-0.2, 0) is 20.0 Å². The molecule has 28 heavy (non-hydrogen) atoms. The maximum atomic E-state index is 13.4. The Kier molecular flexibility index (Phi) is 5.77. The van der Waals surface area contributed by atoms with Crippen LogP contribution in [0.1, 0.15) is 27.8 Å².